The third kappa shape index (κ3) is 4.76. The van der Waals surface area contributed by atoms with Crippen molar-refractivity contribution >= 4 is 0 Å². The maximum atomic E-state index is 12.6. The summed E-state index contributed by atoms with van der Waals surface area (Å²) in [5.74, 6) is 0.212. The summed E-state index contributed by atoms with van der Waals surface area (Å²) in [6.45, 7) is 3.72. The molecule has 0 aliphatic heterocycles. The van der Waals surface area contributed by atoms with Crippen LogP contribution >= 0.6 is 0 Å². The zero-order valence-electron chi connectivity index (χ0n) is 10.5. The van der Waals surface area contributed by atoms with Crippen LogP contribution in [0.1, 0.15) is 37.0 Å². The molecule has 0 amide bonds. The number of rotatable bonds is 3. The first-order valence-electron chi connectivity index (χ1n) is 5.78. The Balaban J connectivity index is 3.17. The lowest BCUT2D eigenvalue weighted by atomic mass is 9.98. The Bertz CT molecular complexity index is 395. The van der Waals surface area contributed by atoms with Crippen molar-refractivity contribution in [1.29, 1.82) is 0 Å². The Kier molecular flexibility index (Phi) is 4.53. The van der Waals surface area contributed by atoms with Crippen LogP contribution in [0.5, 0.6) is 0 Å². The van der Waals surface area contributed by atoms with Gasteiger partial charge < -0.3 is 0 Å². The van der Waals surface area contributed by atoms with Crippen LogP contribution in [0.15, 0.2) is 18.2 Å². The summed E-state index contributed by atoms with van der Waals surface area (Å²) in [6.07, 6.45) is -8.80. The fraction of sp³-hybridized carbons (Fsp3) is 0.538. The molecule has 0 aromatic heterocycles. The molecule has 0 spiro atoms. The lowest BCUT2D eigenvalue weighted by molar-refractivity contribution is -0.143. The Morgan fingerprint density at radius 3 is 1.58 bits per heavy atom. The van der Waals surface area contributed by atoms with E-state index >= 15 is 0 Å². The van der Waals surface area contributed by atoms with E-state index in [9.17, 15) is 26.3 Å². The first kappa shape index (κ1) is 15.9. The van der Waals surface area contributed by atoms with Crippen LogP contribution in [0.3, 0.4) is 0 Å². The molecule has 0 fully saturated rings. The van der Waals surface area contributed by atoms with Gasteiger partial charge in [0.15, 0.2) is 0 Å². The van der Waals surface area contributed by atoms with Gasteiger partial charge in [-0.25, -0.2) is 0 Å². The summed E-state index contributed by atoms with van der Waals surface area (Å²) < 4.78 is 75.4. The van der Waals surface area contributed by atoms with Crippen LogP contribution in [0.25, 0.3) is 0 Å². The molecule has 108 valence electrons. The highest BCUT2D eigenvalue weighted by atomic mass is 19.4. The van der Waals surface area contributed by atoms with Crippen molar-refractivity contribution in [3.63, 3.8) is 0 Å². The van der Waals surface area contributed by atoms with Crippen molar-refractivity contribution in [2.75, 3.05) is 0 Å². The van der Waals surface area contributed by atoms with Gasteiger partial charge >= 0.3 is 12.4 Å². The highest BCUT2D eigenvalue weighted by Gasteiger charge is 2.36. The molecule has 0 nitrogen and oxygen atoms in total. The van der Waals surface area contributed by atoms with E-state index in [0.717, 1.165) is 12.1 Å². The number of benzene rings is 1. The fourth-order valence-electron chi connectivity index (χ4n) is 1.62. The molecule has 0 unspecified atom stereocenters. The molecule has 0 saturated heterocycles. The normalized spacial score (nSPS) is 13.1. The minimum Gasteiger partial charge on any atom is -0.166 e. The molecule has 19 heavy (non-hydrogen) atoms. The molecule has 0 radical (unpaired) electrons. The lowest BCUT2D eigenvalue weighted by Gasteiger charge is -2.14. The van der Waals surface area contributed by atoms with Crippen LogP contribution in [0.2, 0.25) is 0 Å². The van der Waals surface area contributed by atoms with Gasteiger partial charge in [0.1, 0.15) is 0 Å². The molecular weight excluding hydrogens is 270 g/mol. The summed E-state index contributed by atoms with van der Waals surface area (Å²) in [5.41, 5.74) is -2.43. The molecule has 0 saturated carbocycles. The highest BCUT2D eigenvalue weighted by molar-refractivity contribution is 5.33. The lowest BCUT2D eigenvalue weighted by Crippen LogP contribution is -2.12. The Morgan fingerprint density at radius 1 is 0.842 bits per heavy atom. The minimum absolute atomic E-state index is 0.0656. The van der Waals surface area contributed by atoms with E-state index in [1.165, 1.54) is 0 Å². The zero-order valence-corrected chi connectivity index (χ0v) is 10.5. The first-order valence-corrected chi connectivity index (χ1v) is 5.78. The van der Waals surface area contributed by atoms with Crippen LogP contribution in [-0.2, 0) is 18.8 Å². The second kappa shape index (κ2) is 5.43. The summed E-state index contributed by atoms with van der Waals surface area (Å²) in [6, 6.07) is 1.73. The van der Waals surface area contributed by atoms with Crippen LogP contribution in [0, 0.1) is 5.92 Å². The van der Waals surface area contributed by atoms with Crippen molar-refractivity contribution in [1.82, 2.24) is 0 Å². The van der Waals surface area contributed by atoms with Gasteiger partial charge in [-0.05, 0) is 42.5 Å². The molecule has 6 heteroatoms. The molecule has 1 aromatic rings. The Labute approximate surface area is 107 Å². The molecule has 0 N–H and O–H groups in total. The van der Waals surface area contributed by atoms with Gasteiger partial charge in [-0.15, -0.1) is 0 Å². The first-order chi connectivity index (χ1) is 8.50. The van der Waals surface area contributed by atoms with Crippen molar-refractivity contribution in [3.05, 3.63) is 34.9 Å². The van der Waals surface area contributed by atoms with Gasteiger partial charge in [-0.3, -0.25) is 0 Å². The standard InChI is InChI=1S/C13H14F6/c1-8(2)3-4-9-5-10(12(14,15)16)7-11(6-9)13(17,18)19/h5-8H,3-4H2,1-2H3. The number of hydrogen-bond acceptors (Lipinski definition) is 0. The largest absolute Gasteiger partial charge is 0.416 e. The number of aryl methyl sites for hydroxylation is 1. The average Bonchev–Trinajstić information content (AvgIpc) is 2.23. The molecule has 0 atom stereocenters. The van der Waals surface area contributed by atoms with E-state index < -0.39 is 23.5 Å². The monoisotopic (exact) mass is 284 g/mol. The van der Waals surface area contributed by atoms with E-state index in [-0.39, 0.29) is 24.0 Å². The zero-order chi connectivity index (χ0) is 14.8. The third-order valence-corrected chi connectivity index (χ3v) is 2.66. The van der Waals surface area contributed by atoms with E-state index in [1.54, 1.807) is 0 Å². The highest BCUT2D eigenvalue weighted by Crippen LogP contribution is 2.36. The Hall–Kier alpha value is -1.20. The van der Waals surface area contributed by atoms with Crippen LogP contribution in [0.4, 0.5) is 26.3 Å². The third-order valence-electron chi connectivity index (χ3n) is 2.66. The van der Waals surface area contributed by atoms with Gasteiger partial charge in [0.05, 0.1) is 11.1 Å². The molecule has 0 aliphatic rings. The smallest absolute Gasteiger partial charge is 0.166 e. The summed E-state index contributed by atoms with van der Waals surface area (Å²) >= 11 is 0. The predicted octanol–water partition coefficient (Wildman–Crippen LogP) is 5.31. The number of hydrogen-bond donors (Lipinski definition) is 0. The van der Waals surface area contributed by atoms with Crippen molar-refractivity contribution < 1.29 is 26.3 Å². The van der Waals surface area contributed by atoms with Gasteiger partial charge in [-0.2, -0.15) is 26.3 Å². The van der Waals surface area contributed by atoms with Crippen molar-refractivity contribution in [2.45, 2.75) is 39.0 Å². The second-order valence-corrected chi connectivity index (χ2v) is 4.85. The maximum absolute atomic E-state index is 12.6. The molecular formula is C13H14F6. The maximum Gasteiger partial charge on any atom is 0.416 e. The summed E-state index contributed by atoms with van der Waals surface area (Å²) in [7, 11) is 0. The molecule has 0 heterocycles. The topological polar surface area (TPSA) is 0 Å². The second-order valence-electron chi connectivity index (χ2n) is 4.85. The molecule has 0 bridgehead atoms. The van der Waals surface area contributed by atoms with Gasteiger partial charge in [-0.1, -0.05) is 13.8 Å². The Morgan fingerprint density at radius 2 is 1.26 bits per heavy atom. The molecule has 1 rings (SSSR count). The van der Waals surface area contributed by atoms with E-state index in [0.29, 0.717) is 6.42 Å². The van der Waals surface area contributed by atoms with Crippen molar-refractivity contribution in [3.8, 4) is 0 Å². The number of alkyl halides is 6. The van der Waals surface area contributed by atoms with Crippen LogP contribution in [-0.4, -0.2) is 0 Å². The fourth-order valence-corrected chi connectivity index (χ4v) is 1.62. The van der Waals surface area contributed by atoms with E-state index in [2.05, 4.69) is 0 Å². The minimum atomic E-state index is -4.77. The quantitative estimate of drug-likeness (QED) is 0.659. The van der Waals surface area contributed by atoms with Gasteiger partial charge in [0.2, 0.25) is 0 Å². The summed E-state index contributed by atoms with van der Waals surface area (Å²) in [5, 5.41) is 0. The van der Waals surface area contributed by atoms with Crippen molar-refractivity contribution in [2.24, 2.45) is 5.92 Å². The van der Waals surface area contributed by atoms with Crippen LogP contribution < -0.4 is 0 Å². The average molecular weight is 284 g/mol. The number of halogens is 6. The molecule has 0 aliphatic carbocycles. The summed E-state index contributed by atoms with van der Waals surface area (Å²) in [4.78, 5) is 0. The SMILES string of the molecule is CC(C)CCc1cc(C(F)(F)F)cc(C(F)(F)F)c1. The van der Waals surface area contributed by atoms with E-state index in [1.807, 2.05) is 13.8 Å². The van der Waals surface area contributed by atoms with E-state index in [4.69, 9.17) is 0 Å². The van der Waals surface area contributed by atoms with Gasteiger partial charge in [0.25, 0.3) is 0 Å². The molecule has 1 aromatic carbocycles. The predicted molar refractivity (Wildman–Crippen MR) is 59.6 cm³/mol. The van der Waals surface area contributed by atoms with Gasteiger partial charge in [0, 0.05) is 0 Å².